The number of ether oxygens (including phenoxy) is 1. The number of nitrogens with zero attached hydrogens (tertiary/aromatic N) is 1. The molecule has 0 spiro atoms. The number of carboxylic acid groups (broad SMARTS) is 1. The molecule has 1 unspecified atom stereocenters. The highest BCUT2D eigenvalue weighted by atomic mass is 16.6. The lowest BCUT2D eigenvalue weighted by molar-refractivity contribution is -0.567. The molecule has 0 aliphatic heterocycles. The number of hydrogen-bond acceptors (Lipinski definition) is 5. The molecule has 0 heterocycles. The molecule has 7 nitrogen and oxygen atoms in total. The van der Waals surface area contributed by atoms with Gasteiger partial charge in [-0.15, -0.1) is 0 Å². The Hall–Kier alpha value is -1.66. The molecule has 0 aliphatic carbocycles. The van der Waals surface area contributed by atoms with E-state index < -0.39 is 22.4 Å². The van der Waals surface area contributed by atoms with Crippen LogP contribution in [0.25, 0.3) is 0 Å². The number of carbonyl (C=O) groups excluding carboxylic acids is 1. The summed E-state index contributed by atoms with van der Waals surface area (Å²) in [4.78, 5) is 32.3. The predicted octanol–water partition coefficient (Wildman–Crippen LogP) is 2.01. The van der Waals surface area contributed by atoms with E-state index in [9.17, 15) is 19.7 Å². The van der Waals surface area contributed by atoms with Crippen LogP contribution in [0.3, 0.4) is 0 Å². The molecular formula is C12H21NO6. The van der Waals surface area contributed by atoms with Crippen molar-refractivity contribution in [1.29, 1.82) is 0 Å². The molecule has 0 aromatic carbocycles. The molecule has 0 saturated carbocycles. The summed E-state index contributed by atoms with van der Waals surface area (Å²) < 4.78 is 4.91. The monoisotopic (exact) mass is 275 g/mol. The van der Waals surface area contributed by atoms with Gasteiger partial charge in [0.25, 0.3) is 0 Å². The summed E-state index contributed by atoms with van der Waals surface area (Å²) in [6.45, 7) is 3.64. The average Bonchev–Trinajstić information content (AvgIpc) is 2.34. The maximum Gasteiger partial charge on any atom is 0.306 e. The molecule has 0 bridgehead atoms. The van der Waals surface area contributed by atoms with Crippen LogP contribution in [0.1, 0.15) is 52.4 Å². The first kappa shape index (κ1) is 17.3. The minimum atomic E-state index is -1.40. The van der Waals surface area contributed by atoms with E-state index in [-0.39, 0.29) is 25.7 Å². The van der Waals surface area contributed by atoms with Crippen molar-refractivity contribution in [3.8, 4) is 0 Å². The molecule has 0 aliphatic rings. The summed E-state index contributed by atoms with van der Waals surface area (Å²) in [5.41, 5.74) is -1.40. The van der Waals surface area contributed by atoms with Crippen LogP contribution in [0.2, 0.25) is 0 Å². The second-order valence-corrected chi connectivity index (χ2v) is 4.72. The lowest BCUT2D eigenvalue weighted by Gasteiger charge is -2.19. The zero-order valence-corrected chi connectivity index (χ0v) is 11.4. The molecule has 19 heavy (non-hydrogen) atoms. The third-order valence-corrected chi connectivity index (χ3v) is 2.95. The minimum absolute atomic E-state index is 0.0156. The fourth-order valence-electron chi connectivity index (χ4n) is 1.46. The van der Waals surface area contributed by atoms with Crippen molar-refractivity contribution in [2.45, 2.75) is 57.9 Å². The zero-order valence-electron chi connectivity index (χ0n) is 11.4. The van der Waals surface area contributed by atoms with Crippen molar-refractivity contribution in [2.75, 3.05) is 6.61 Å². The molecule has 0 aromatic rings. The molecule has 110 valence electrons. The van der Waals surface area contributed by atoms with Crippen molar-refractivity contribution in [3.63, 3.8) is 0 Å². The fourth-order valence-corrected chi connectivity index (χ4v) is 1.46. The Morgan fingerprint density at radius 1 is 1.32 bits per heavy atom. The van der Waals surface area contributed by atoms with Gasteiger partial charge in [-0.25, -0.2) is 0 Å². The Labute approximate surface area is 112 Å². The van der Waals surface area contributed by atoms with Crippen LogP contribution in [-0.2, 0) is 14.3 Å². The minimum Gasteiger partial charge on any atom is -0.481 e. The summed E-state index contributed by atoms with van der Waals surface area (Å²) >= 11 is 0. The van der Waals surface area contributed by atoms with Gasteiger partial charge in [0.05, 0.1) is 19.4 Å². The number of aliphatic carboxylic acids is 1. The first-order chi connectivity index (χ1) is 8.81. The van der Waals surface area contributed by atoms with E-state index in [0.29, 0.717) is 6.61 Å². The molecule has 0 rings (SSSR count). The van der Waals surface area contributed by atoms with E-state index in [1.807, 2.05) is 6.92 Å². The number of rotatable bonds is 10. The number of unbranched alkanes of at least 4 members (excludes halogenated alkanes) is 1. The topological polar surface area (TPSA) is 107 Å². The molecule has 1 atom stereocenters. The molecule has 0 aromatic heterocycles. The number of esters is 1. The van der Waals surface area contributed by atoms with Crippen LogP contribution in [-0.4, -0.2) is 34.1 Å². The number of carbonyl (C=O) groups is 2. The predicted molar refractivity (Wildman–Crippen MR) is 67.4 cm³/mol. The SMILES string of the molecule is CCCCOC(=O)CCC(C)(CCC(=O)O)[N+](=O)[O-]. The van der Waals surface area contributed by atoms with Gasteiger partial charge in [-0.3, -0.25) is 19.7 Å². The third kappa shape index (κ3) is 7.38. The van der Waals surface area contributed by atoms with Crippen molar-refractivity contribution in [1.82, 2.24) is 0 Å². The smallest absolute Gasteiger partial charge is 0.306 e. The first-order valence-corrected chi connectivity index (χ1v) is 6.33. The summed E-state index contributed by atoms with van der Waals surface area (Å²) in [6, 6.07) is 0. The van der Waals surface area contributed by atoms with Crippen LogP contribution in [0.5, 0.6) is 0 Å². The third-order valence-electron chi connectivity index (χ3n) is 2.95. The Balaban J connectivity index is 4.23. The van der Waals surface area contributed by atoms with Gasteiger partial charge in [-0.2, -0.15) is 0 Å². The van der Waals surface area contributed by atoms with E-state index in [0.717, 1.165) is 12.8 Å². The Morgan fingerprint density at radius 3 is 2.37 bits per heavy atom. The van der Waals surface area contributed by atoms with Gasteiger partial charge in [-0.1, -0.05) is 13.3 Å². The van der Waals surface area contributed by atoms with Crippen molar-refractivity contribution >= 4 is 11.9 Å². The summed E-state index contributed by atoms with van der Waals surface area (Å²) in [5, 5.41) is 19.5. The largest absolute Gasteiger partial charge is 0.481 e. The van der Waals surface area contributed by atoms with Gasteiger partial charge < -0.3 is 9.84 Å². The summed E-state index contributed by atoms with van der Waals surface area (Å²) in [5.74, 6) is -1.56. The van der Waals surface area contributed by atoms with Gasteiger partial charge in [0.15, 0.2) is 0 Å². The molecule has 7 heteroatoms. The average molecular weight is 275 g/mol. The normalized spacial score (nSPS) is 13.6. The van der Waals surface area contributed by atoms with Crippen LogP contribution in [0.4, 0.5) is 0 Å². The lowest BCUT2D eigenvalue weighted by atomic mass is 9.91. The summed E-state index contributed by atoms with van der Waals surface area (Å²) in [6.07, 6.45) is 1.19. The van der Waals surface area contributed by atoms with Gasteiger partial charge in [0.2, 0.25) is 5.54 Å². The van der Waals surface area contributed by atoms with Crippen molar-refractivity contribution < 1.29 is 24.4 Å². The van der Waals surface area contributed by atoms with Crippen molar-refractivity contribution in [3.05, 3.63) is 10.1 Å². The van der Waals surface area contributed by atoms with Crippen LogP contribution in [0.15, 0.2) is 0 Å². The number of carboxylic acids is 1. The second kappa shape index (κ2) is 8.44. The Morgan fingerprint density at radius 2 is 1.89 bits per heavy atom. The van der Waals surface area contributed by atoms with Crippen molar-refractivity contribution in [2.24, 2.45) is 0 Å². The van der Waals surface area contributed by atoms with E-state index in [4.69, 9.17) is 9.84 Å². The highest BCUT2D eigenvalue weighted by Crippen LogP contribution is 2.23. The van der Waals surface area contributed by atoms with E-state index in [2.05, 4.69) is 0 Å². The van der Waals surface area contributed by atoms with Crippen LogP contribution in [0, 0.1) is 10.1 Å². The van der Waals surface area contributed by atoms with E-state index in [1.54, 1.807) is 0 Å². The maximum atomic E-state index is 11.4. The second-order valence-electron chi connectivity index (χ2n) is 4.72. The maximum absolute atomic E-state index is 11.4. The van der Waals surface area contributed by atoms with E-state index in [1.165, 1.54) is 6.92 Å². The molecular weight excluding hydrogens is 254 g/mol. The van der Waals surface area contributed by atoms with E-state index >= 15 is 0 Å². The van der Waals surface area contributed by atoms with Gasteiger partial charge in [0, 0.05) is 24.7 Å². The number of nitro groups is 1. The fraction of sp³-hybridized carbons (Fsp3) is 0.833. The highest BCUT2D eigenvalue weighted by Gasteiger charge is 2.37. The quantitative estimate of drug-likeness (QED) is 0.283. The highest BCUT2D eigenvalue weighted by molar-refractivity contribution is 5.69. The van der Waals surface area contributed by atoms with Gasteiger partial charge in [-0.05, 0) is 6.42 Å². The summed E-state index contributed by atoms with van der Waals surface area (Å²) in [7, 11) is 0. The standard InChI is InChI=1S/C12H21NO6/c1-3-4-9-19-11(16)6-8-12(2,13(17)18)7-5-10(14)15/h3-9H2,1-2H3,(H,14,15). The Bertz CT molecular complexity index is 330. The van der Waals surface area contributed by atoms with Gasteiger partial charge >= 0.3 is 11.9 Å². The van der Waals surface area contributed by atoms with Crippen LogP contribution < -0.4 is 0 Å². The van der Waals surface area contributed by atoms with Crippen LogP contribution >= 0.6 is 0 Å². The molecule has 0 radical (unpaired) electrons. The molecule has 1 N–H and O–H groups in total. The molecule has 0 amide bonds. The molecule has 0 saturated heterocycles. The lowest BCUT2D eigenvalue weighted by Crippen LogP contribution is -2.36. The Kier molecular flexibility index (Phi) is 7.71. The molecule has 0 fully saturated rings. The number of hydrogen-bond donors (Lipinski definition) is 1. The van der Waals surface area contributed by atoms with Gasteiger partial charge in [0.1, 0.15) is 0 Å². The first-order valence-electron chi connectivity index (χ1n) is 6.33. The zero-order chi connectivity index (χ0) is 14.9.